The quantitative estimate of drug-likeness (QED) is 0.352. The first kappa shape index (κ1) is 32.1. The molecule has 0 amide bonds. The van der Waals surface area contributed by atoms with Crippen LogP contribution in [0.15, 0.2) is 54.6 Å². The molecule has 3 rings (SSSR count). The highest BCUT2D eigenvalue weighted by Crippen LogP contribution is 2.29. The van der Waals surface area contributed by atoms with Crippen LogP contribution in [0.25, 0.3) is 9.69 Å². The molecule has 0 atom stereocenters. The maximum Gasteiger partial charge on any atom is 0.191 e. The van der Waals surface area contributed by atoms with Gasteiger partial charge in [0.1, 0.15) is 17.2 Å². The number of rotatable bonds is 6. The summed E-state index contributed by atoms with van der Waals surface area (Å²) in [6.45, 7) is 18.2. The predicted octanol–water partition coefficient (Wildman–Crippen LogP) is 6.90. The van der Waals surface area contributed by atoms with Crippen molar-refractivity contribution in [2.24, 2.45) is 5.73 Å². The second-order valence-corrected chi connectivity index (χ2v) is 7.13. The number of halogens is 1. The summed E-state index contributed by atoms with van der Waals surface area (Å²) in [6.07, 6.45) is 1.93. The fraction of sp³-hybridized carbons (Fsp3) is 0.286. The minimum absolute atomic E-state index is 0. The molecule has 0 saturated heterocycles. The summed E-state index contributed by atoms with van der Waals surface area (Å²) in [7, 11) is 4.76. The van der Waals surface area contributed by atoms with E-state index in [1.807, 2.05) is 24.3 Å². The van der Waals surface area contributed by atoms with Crippen molar-refractivity contribution >= 4 is 23.8 Å². The van der Waals surface area contributed by atoms with Crippen LogP contribution in [0.1, 0.15) is 30.5 Å². The SMILES string of the molecule is CCc1ccc(CN)cc1OC.Cl.[C-]#[N+]c1ccc(CC)c(OC)c1.[C-]#[N+]c1ccc(O)c(OC)c1. The molecule has 3 aromatic rings. The average Bonchev–Trinajstić information content (AvgIpc) is 2.93. The third-order valence-corrected chi connectivity index (χ3v) is 5.04. The molecular formula is C28H34ClN3O4. The fourth-order valence-corrected chi connectivity index (χ4v) is 3.04. The Morgan fingerprint density at radius 3 is 1.61 bits per heavy atom. The molecule has 0 radical (unpaired) electrons. The third-order valence-electron chi connectivity index (χ3n) is 5.04. The van der Waals surface area contributed by atoms with Gasteiger partial charge in [0.15, 0.2) is 17.1 Å². The zero-order valence-electron chi connectivity index (χ0n) is 21.4. The number of hydrogen-bond donors (Lipinski definition) is 2. The maximum absolute atomic E-state index is 9.10. The third kappa shape index (κ3) is 9.76. The lowest BCUT2D eigenvalue weighted by atomic mass is 10.1. The van der Waals surface area contributed by atoms with Crippen LogP contribution in [0.2, 0.25) is 0 Å². The molecule has 0 aliphatic carbocycles. The molecule has 3 N–H and O–H groups in total. The van der Waals surface area contributed by atoms with Crippen LogP contribution in [-0.4, -0.2) is 26.4 Å². The molecule has 0 heterocycles. The molecule has 0 saturated carbocycles. The summed E-state index contributed by atoms with van der Waals surface area (Å²) in [4.78, 5) is 6.50. The lowest BCUT2D eigenvalue weighted by Gasteiger charge is -2.07. The van der Waals surface area contributed by atoms with Gasteiger partial charge in [-0.25, -0.2) is 9.69 Å². The standard InChI is InChI=1S/C10H11NO.C10H15NO.C8H7NO2.ClH/c1-4-8-5-6-9(11-2)7-10(8)12-3;1-3-9-5-4-8(7-11)6-10(9)12-2;1-9-6-3-4-7(10)8(5-6)11-2;/h5-7H,4H2,1,3H3;4-6H,3,7,11H2,1-2H3;3-5,10H,2H3;1H. The molecule has 3 aromatic carbocycles. The average molecular weight is 512 g/mol. The summed E-state index contributed by atoms with van der Waals surface area (Å²) in [5.41, 5.74) is 10.1. The molecule has 8 heteroatoms. The summed E-state index contributed by atoms with van der Waals surface area (Å²) in [5, 5.41) is 9.10. The molecule has 0 spiro atoms. The van der Waals surface area contributed by atoms with E-state index in [1.54, 1.807) is 20.3 Å². The molecule has 0 aliphatic heterocycles. The number of benzene rings is 3. The Morgan fingerprint density at radius 2 is 1.17 bits per heavy atom. The number of methoxy groups -OCH3 is 3. The van der Waals surface area contributed by atoms with Gasteiger partial charge in [-0.2, -0.15) is 0 Å². The number of aromatic hydroxyl groups is 1. The van der Waals surface area contributed by atoms with Crippen LogP contribution < -0.4 is 19.9 Å². The van der Waals surface area contributed by atoms with Crippen molar-refractivity contribution in [1.29, 1.82) is 0 Å². The van der Waals surface area contributed by atoms with E-state index in [9.17, 15) is 0 Å². The van der Waals surface area contributed by atoms with Gasteiger partial charge in [-0.1, -0.05) is 44.2 Å². The van der Waals surface area contributed by atoms with E-state index in [4.69, 9.17) is 38.2 Å². The first-order chi connectivity index (χ1) is 16.9. The van der Waals surface area contributed by atoms with Crippen molar-refractivity contribution in [3.05, 3.63) is 94.1 Å². The molecule has 7 nitrogen and oxygen atoms in total. The van der Waals surface area contributed by atoms with E-state index in [0.717, 1.165) is 35.5 Å². The number of phenols is 1. The topological polar surface area (TPSA) is 82.7 Å². The van der Waals surface area contributed by atoms with Crippen molar-refractivity contribution in [3.63, 3.8) is 0 Å². The zero-order valence-corrected chi connectivity index (χ0v) is 22.2. The van der Waals surface area contributed by atoms with E-state index in [1.165, 1.54) is 30.9 Å². The van der Waals surface area contributed by atoms with Crippen molar-refractivity contribution in [2.45, 2.75) is 33.2 Å². The first-order valence-electron chi connectivity index (χ1n) is 11.1. The lowest BCUT2D eigenvalue weighted by molar-refractivity contribution is 0.374. The lowest BCUT2D eigenvalue weighted by Crippen LogP contribution is -1.98. The van der Waals surface area contributed by atoms with Crippen LogP contribution >= 0.6 is 12.4 Å². The number of aryl methyl sites for hydroxylation is 2. The molecule has 0 aliphatic rings. The van der Waals surface area contributed by atoms with Crippen molar-refractivity contribution in [3.8, 4) is 23.0 Å². The highest BCUT2D eigenvalue weighted by atomic mass is 35.5. The van der Waals surface area contributed by atoms with Gasteiger partial charge in [0.05, 0.1) is 34.5 Å². The van der Waals surface area contributed by atoms with E-state index in [-0.39, 0.29) is 18.2 Å². The highest BCUT2D eigenvalue weighted by Gasteiger charge is 2.02. The van der Waals surface area contributed by atoms with Crippen LogP contribution in [-0.2, 0) is 19.4 Å². The number of nitrogens with zero attached hydrogens (tertiary/aromatic N) is 2. The van der Waals surface area contributed by atoms with Crippen LogP contribution in [0.5, 0.6) is 23.0 Å². The second-order valence-electron chi connectivity index (χ2n) is 7.13. The van der Waals surface area contributed by atoms with Crippen LogP contribution in [0, 0.1) is 13.1 Å². The van der Waals surface area contributed by atoms with Gasteiger partial charge in [0.2, 0.25) is 0 Å². The summed E-state index contributed by atoms with van der Waals surface area (Å²) >= 11 is 0. The largest absolute Gasteiger partial charge is 0.504 e. The van der Waals surface area contributed by atoms with E-state index in [2.05, 4.69) is 29.6 Å². The van der Waals surface area contributed by atoms with Gasteiger partial charge in [-0.3, -0.25) is 0 Å². The summed E-state index contributed by atoms with van der Waals surface area (Å²) < 4.78 is 15.2. The molecular weight excluding hydrogens is 478 g/mol. The van der Waals surface area contributed by atoms with Crippen LogP contribution in [0.4, 0.5) is 11.4 Å². The van der Waals surface area contributed by atoms with Gasteiger partial charge in [-0.05, 0) is 53.8 Å². The monoisotopic (exact) mass is 511 g/mol. The van der Waals surface area contributed by atoms with Gasteiger partial charge in [-0.15, -0.1) is 12.4 Å². The molecule has 0 unspecified atom stereocenters. The smallest absolute Gasteiger partial charge is 0.191 e. The Morgan fingerprint density at radius 1 is 0.722 bits per heavy atom. The Balaban J connectivity index is 0.000000504. The van der Waals surface area contributed by atoms with Crippen LogP contribution in [0.3, 0.4) is 0 Å². The Labute approximate surface area is 220 Å². The van der Waals surface area contributed by atoms with Gasteiger partial charge in [0, 0.05) is 6.54 Å². The van der Waals surface area contributed by atoms with Gasteiger partial charge < -0.3 is 25.1 Å². The predicted molar refractivity (Wildman–Crippen MR) is 147 cm³/mol. The number of nitrogens with two attached hydrogens (primary N) is 1. The van der Waals surface area contributed by atoms with Crippen molar-refractivity contribution in [1.82, 2.24) is 0 Å². The zero-order chi connectivity index (χ0) is 26.2. The highest BCUT2D eigenvalue weighted by molar-refractivity contribution is 5.85. The maximum atomic E-state index is 9.10. The Bertz CT molecular complexity index is 1170. The Kier molecular flexibility index (Phi) is 15.6. The normalized spacial score (nSPS) is 9.00. The van der Waals surface area contributed by atoms with E-state index in [0.29, 0.717) is 23.7 Å². The van der Waals surface area contributed by atoms with E-state index >= 15 is 0 Å². The minimum atomic E-state index is 0. The van der Waals surface area contributed by atoms with Gasteiger partial charge >= 0.3 is 0 Å². The van der Waals surface area contributed by atoms with Gasteiger partial charge in [0.25, 0.3) is 0 Å². The van der Waals surface area contributed by atoms with Crippen molar-refractivity contribution < 1.29 is 19.3 Å². The second kappa shape index (κ2) is 17.5. The summed E-state index contributed by atoms with van der Waals surface area (Å²) in [6, 6.07) is 16.1. The molecule has 0 fully saturated rings. The first-order valence-corrected chi connectivity index (χ1v) is 11.1. The number of hydrogen-bond acceptors (Lipinski definition) is 5. The Hall–Kier alpha value is -3.91. The van der Waals surface area contributed by atoms with E-state index < -0.39 is 0 Å². The fourth-order valence-electron chi connectivity index (χ4n) is 3.04. The number of phenolic OH excluding ortho intramolecular Hbond substituents is 1. The molecule has 36 heavy (non-hydrogen) atoms. The summed E-state index contributed by atoms with van der Waals surface area (Å²) in [5.74, 6) is 2.14. The molecule has 0 bridgehead atoms. The molecule has 0 aromatic heterocycles. The molecule has 192 valence electrons. The minimum Gasteiger partial charge on any atom is -0.504 e. The number of ether oxygens (including phenoxy) is 3. The van der Waals surface area contributed by atoms with Crippen molar-refractivity contribution in [2.75, 3.05) is 21.3 Å².